The van der Waals surface area contributed by atoms with Crippen molar-refractivity contribution in [2.75, 3.05) is 5.32 Å². The van der Waals surface area contributed by atoms with Crippen molar-refractivity contribution in [3.05, 3.63) is 77.6 Å². The van der Waals surface area contributed by atoms with Gasteiger partial charge in [0.05, 0.1) is 6.04 Å². The molecule has 0 amide bonds. The van der Waals surface area contributed by atoms with Gasteiger partial charge in [-0.15, -0.1) is 0 Å². The molecule has 20 heavy (non-hydrogen) atoms. The van der Waals surface area contributed by atoms with E-state index in [1.165, 1.54) is 5.56 Å². The van der Waals surface area contributed by atoms with Crippen LogP contribution in [0.25, 0.3) is 0 Å². The summed E-state index contributed by atoms with van der Waals surface area (Å²) in [4.78, 5) is 0. The quantitative estimate of drug-likeness (QED) is 0.740. The fourth-order valence-electron chi connectivity index (χ4n) is 3.58. The largest absolute Gasteiger partial charge is 0.378 e. The zero-order valence-electron chi connectivity index (χ0n) is 11.1. The summed E-state index contributed by atoms with van der Waals surface area (Å²) >= 11 is 0. The topological polar surface area (TPSA) is 12.0 Å². The van der Waals surface area contributed by atoms with E-state index in [1.807, 2.05) is 18.2 Å². The van der Waals surface area contributed by atoms with Crippen LogP contribution in [0.1, 0.15) is 29.5 Å². The summed E-state index contributed by atoms with van der Waals surface area (Å²) in [6, 6.07) is 15.5. The van der Waals surface area contributed by atoms with Gasteiger partial charge in [0.15, 0.2) is 0 Å². The minimum Gasteiger partial charge on any atom is -0.378 e. The van der Waals surface area contributed by atoms with Crippen LogP contribution in [0.5, 0.6) is 0 Å². The molecule has 0 saturated heterocycles. The van der Waals surface area contributed by atoms with Crippen LogP contribution in [0.15, 0.2) is 60.7 Å². The maximum absolute atomic E-state index is 14.1. The molecule has 100 valence electrons. The van der Waals surface area contributed by atoms with Gasteiger partial charge in [-0.25, -0.2) is 4.39 Å². The van der Waals surface area contributed by atoms with Crippen LogP contribution in [0.2, 0.25) is 0 Å². The number of anilines is 1. The first-order chi connectivity index (χ1) is 9.84. The van der Waals surface area contributed by atoms with Gasteiger partial charge in [-0.2, -0.15) is 0 Å². The molecular weight excluding hydrogens is 249 g/mol. The highest BCUT2D eigenvalue weighted by molar-refractivity contribution is 5.59. The van der Waals surface area contributed by atoms with E-state index in [1.54, 1.807) is 12.1 Å². The third-order valence-corrected chi connectivity index (χ3v) is 4.51. The van der Waals surface area contributed by atoms with E-state index in [4.69, 9.17) is 0 Å². The van der Waals surface area contributed by atoms with Crippen molar-refractivity contribution in [3.63, 3.8) is 0 Å². The second-order valence-electron chi connectivity index (χ2n) is 5.58. The van der Waals surface area contributed by atoms with Gasteiger partial charge >= 0.3 is 0 Å². The molecule has 0 saturated carbocycles. The van der Waals surface area contributed by atoms with E-state index < -0.39 is 0 Å². The minimum atomic E-state index is -0.116. The fourth-order valence-corrected chi connectivity index (χ4v) is 3.58. The molecule has 3 atom stereocenters. The summed E-state index contributed by atoms with van der Waals surface area (Å²) < 4.78 is 14.1. The lowest BCUT2D eigenvalue weighted by Gasteiger charge is -2.37. The van der Waals surface area contributed by atoms with Gasteiger partial charge in [-0.05, 0) is 30.0 Å². The number of hydrogen-bond donors (Lipinski definition) is 1. The molecule has 1 N–H and O–H groups in total. The van der Waals surface area contributed by atoms with Crippen LogP contribution < -0.4 is 5.32 Å². The first kappa shape index (κ1) is 11.7. The van der Waals surface area contributed by atoms with Gasteiger partial charge in [-0.3, -0.25) is 0 Å². The molecule has 0 fully saturated rings. The Morgan fingerprint density at radius 1 is 0.950 bits per heavy atom. The Morgan fingerprint density at radius 2 is 1.70 bits per heavy atom. The van der Waals surface area contributed by atoms with Crippen LogP contribution in [0.3, 0.4) is 0 Å². The van der Waals surface area contributed by atoms with Crippen LogP contribution in [0, 0.1) is 11.7 Å². The summed E-state index contributed by atoms with van der Waals surface area (Å²) in [5, 5.41) is 3.55. The Balaban J connectivity index is 1.82. The number of benzene rings is 2. The molecule has 2 aromatic rings. The van der Waals surface area contributed by atoms with Crippen molar-refractivity contribution in [2.45, 2.75) is 18.4 Å². The van der Waals surface area contributed by atoms with Gasteiger partial charge in [-0.1, -0.05) is 48.6 Å². The molecule has 1 nitrogen and oxygen atoms in total. The molecule has 0 bridgehead atoms. The van der Waals surface area contributed by atoms with Crippen LogP contribution in [0.4, 0.5) is 10.1 Å². The van der Waals surface area contributed by atoms with Crippen molar-refractivity contribution in [1.82, 2.24) is 0 Å². The number of hydrogen-bond acceptors (Lipinski definition) is 1. The molecule has 0 unspecified atom stereocenters. The van der Waals surface area contributed by atoms with Gasteiger partial charge < -0.3 is 5.32 Å². The minimum absolute atomic E-state index is 0.0473. The standard InChI is InChI=1S/C18H16FN/c19-16-10-3-1-7-15(16)18-14-9-5-8-12(14)13-6-2-4-11-17(13)20-18/h1-8,10-12,14,18,20H,9H2/t12-,14+,18-/m1/s1. The van der Waals surface area contributed by atoms with Crippen molar-refractivity contribution < 1.29 is 4.39 Å². The number of para-hydroxylation sites is 1. The Labute approximate surface area is 118 Å². The highest BCUT2D eigenvalue weighted by Crippen LogP contribution is 2.49. The molecule has 2 aliphatic rings. The first-order valence-electron chi connectivity index (χ1n) is 7.11. The maximum Gasteiger partial charge on any atom is 0.128 e. The third kappa shape index (κ3) is 1.68. The van der Waals surface area contributed by atoms with E-state index in [0.717, 1.165) is 17.7 Å². The summed E-state index contributed by atoms with van der Waals surface area (Å²) in [6.45, 7) is 0. The molecule has 1 aliphatic heterocycles. The van der Waals surface area contributed by atoms with Crippen LogP contribution >= 0.6 is 0 Å². The molecule has 1 heterocycles. The number of allylic oxidation sites excluding steroid dienone is 2. The summed E-state index contributed by atoms with van der Waals surface area (Å²) in [6.07, 6.45) is 5.51. The van der Waals surface area contributed by atoms with Gasteiger partial charge in [0.1, 0.15) is 5.82 Å². The summed E-state index contributed by atoms with van der Waals surface area (Å²) in [5.41, 5.74) is 3.24. The van der Waals surface area contributed by atoms with E-state index in [9.17, 15) is 4.39 Å². The highest BCUT2D eigenvalue weighted by Gasteiger charge is 2.38. The normalized spacial score (nSPS) is 26.8. The monoisotopic (exact) mass is 265 g/mol. The van der Waals surface area contributed by atoms with Crippen LogP contribution in [-0.2, 0) is 0 Å². The highest BCUT2D eigenvalue weighted by atomic mass is 19.1. The fraction of sp³-hybridized carbons (Fsp3) is 0.222. The van der Waals surface area contributed by atoms with E-state index in [-0.39, 0.29) is 11.9 Å². The smallest absolute Gasteiger partial charge is 0.128 e. The molecule has 2 heteroatoms. The Kier molecular flexibility index (Phi) is 2.62. The molecule has 0 spiro atoms. The number of fused-ring (bicyclic) bond motifs is 3. The second kappa shape index (κ2) is 4.48. The summed E-state index contributed by atoms with van der Waals surface area (Å²) in [7, 11) is 0. The zero-order chi connectivity index (χ0) is 13.5. The second-order valence-corrected chi connectivity index (χ2v) is 5.58. The Bertz CT molecular complexity index is 677. The third-order valence-electron chi connectivity index (χ3n) is 4.51. The van der Waals surface area contributed by atoms with Crippen LogP contribution in [-0.4, -0.2) is 0 Å². The van der Waals surface area contributed by atoms with E-state index in [0.29, 0.717) is 11.8 Å². The van der Waals surface area contributed by atoms with E-state index in [2.05, 4.69) is 35.7 Å². The maximum atomic E-state index is 14.1. The van der Waals surface area contributed by atoms with Crippen molar-refractivity contribution in [1.29, 1.82) is 0 Å². The Hall–Kier alpha value is -2.09. The van der Waals surface area contributed by atoms with Crippen molar-refractivity contribution in [3.8, 4) is 0 Å². The number of nitrogens with one attached hydrogen (secondary N) is 1. The van der Waals surface area contributed by atoms with Gasteiger partial charge in [0.2, 0.25) is 0 Å². The molecule has 0 aromatic heterocycles. The van der Waals surface area contributed by atoms with Gasteiger partial charge in [0.25, 0.3) is 0 Å². The SMILES string of the molecule is Fc1ccccc1[C@@H]1Nc2ccccc2[C@H]2C=CC[C@@H]21. The molecule has 1 aliphatic carbocycles. The van der Waals surface area contributed by atoms with Crippen molar-refractivity contribution >= 4 is 5.69 Å². The lowest BCUT2D eigenvalue weighted by Crippen LogP contribution is -2.29. The molecule has 0 radical (unpaired) electrons. The molecule has 2 aromatic carbocycles. The summed E-state index contributed by atoms with van der Waals surface area (Å²) in [5.74, 6) is 0.689. The number of halogens is 1. The average Bonchev–Trinajstić information content (AvgIpc) is 2.97. The predicted octanol–water partition coefficient (Wildman–Crippen LogP) is 4.65. The van der Waals surface area contributed by atoms with E-state index >= 15 is 0 Å². The average molecular weight is 265 g/mol. The zero-order valence-corrected chi connectivity index (χ0v) is 11.1. The predicted molar refractivity (Wildman–Crippen MR) is 79.2 cm³/mol. The molecule has 4 rings (SSSR count). The molecular formula is C18H16FN. The van der Waals surface area contributed by atoms with Crippen molar-refractivity contribution in [2.24, 2.45) is 5.92 Å². The first-order valence-corrected chi connectivity index (χ1v) is 7.11. The van der Waals surface area contributed by atoms with Gasteiger partial charge in [0, 0.05) is 17.2 Å². The lowest BCUT2D eigenvalue weighted by molar-refractivity contribution is 0.413. The number of rotatable bonds is 1. The Morgan fingerprint density at radius 3 is 2.55 bits per heavy atom. The lowest BCUT2D eigenvalue weighted by atomic mass is 9.77.